The number of aromatic nitrogens is 2. The maximum absolute atomic E-state index is 13.0. The predicted molar refractivity (Wildman–Crippen MR) is 108 cm³/mol. The van der Waals surface area contributed by atoms with Gasteiger partial charge in [-0.25, -0.2) is 9.97 Å². The molecule has 8 heteroatoms. The van der Waals surface area contributed by atoms with Crippen LogP contribution in [-0.4, -0.2) is 28.8 Å². The van der Waals surface area contributed by atoms with Gasteiger partial charge < -0.3 is 4.74 Å². The molecule has 1 aromatic carbocycles. The van der Waals surface area contributed by atoms with Crippen LogP contribution in [0.5, 0.6) is 0 Å². The van der Waals surface area contributed by atoms with Crippen LogP contribution >= 0.6 is 11.3 Å². The van der Waals surface area contributed by atoms with E-state index < -0.39 is 5.95 Å². The van der Waals surface area contributed by atoms with Crippen LogP contribution in [0.15, 0.2) is 47.0 Å². The molecular weight excluding hydrogens is 379 g/mol. The Labute approximate surface area is 166 Å². The average molecular weight is 398 g/mol. The van der Waals surface area contributed by atoms with Crippen LogP contribution in [0.1, 0.15) is 23.7 Å². The minimum atomic E-state index is -0.506. The Bertz CT molecular complexity index is 986. The van der Waals surface area contributed by atoms with Gasteiger partial charge in [-0.05, 0) is 48.7 Å². The molecule has 2 aromatic heterocycles. The number of esters is 1. The van der Waals surface area contributed by atoms with Crippen molar-refractivity contribution in [3.05, 3.63) is 64.7 Å². The topological polar surface area (TPSA) is 76.5 Å². The molecule has 0 bridgehead atoms. The van der Waals surface area contributed by atoms with Gasteiger partial charge in [-0.1, -0.05) is 12.1 Å². The predicted octanol–water partition coefficient (Wildman–Crippen LogP) is 4.20. The van der Waals surface area contributed by atoms with Gasteiger partial charge in [0, 0.05) is 17.1 Å². The minimum Gasteiger partial charge on any atom is -0.466 e. The number of carbonyl (C=O) groups is 1. The highest BCUT2D eigenvalue weighted by Gasteiger charge is 2.08. The summed E-state index contributed by atoms with van der Waals surface area (Å²) in [6.45, 7) is 4.10. The number of nitrogens with zero attached hydrogens (tertiary/aromatic N) is 3. The van der Waals surface area contributed by atoms with Gasteiger partial charge in [0.05, 0.1) is 24.9 Å². The van der Waals surface area contributed by atoms with Crippen molar-refractivity contribution in [2.24, 2.45) is 5.10 Å². The molecule has 1 N–H and O–H groups in total. The maximum atomic E-state index is 13.0. The van der Waals surface area contributed by atoms with E-state index >= 15 is 0 Å². The van der Waals surface area contributed by atoms with Crippen LogP contribution in [-0.2, 0) is 16.0 Å². The fraction of sp³-hybridized carbons (Fsp3) is 0.200. The third-order valence-corrected chi connectivity index (χ3v) is 4.51. The minimum absolute atomic E-state index is 0.142. The Balaban J connectivity index is 1.67. The highest BCUT2D eigenvalue weighted by Crippen LogP contribution is 2.21. The summed E-state index contributed by atoms with van der Waals surface area (Å²) in [6, 6.07) is 8.96. The summed E-state index contributed by atoms with van der Waals surface area (Å²) >= 11 is 1.36. The molecule has 0 aliphatic heterocycles. The first kappa shape index (κ1) is 19.6. The lowest BCUT2D eigenvalue weighted by molar-refractivity contribution is -0.142. The number of anilines is 1. The number of pyridine rings is 1. The van der Waals surface area contributed by atoms with Crippen LogP contribution < -0.4 is 5.43 Å². The lowest BCUT2D eigenvalue weighted by Crippen LogP contribution is -2.07. The summed E-state index contributed by atoms with van der Waals surface area (Å²) in [5, 5.41) is 6.59. The third-order valence-electron chi connectivity index (χ3n) is 3.72. The normalized spacial score (nSPS) is 11.0. The van der Waals surface area contributed by atoms with Gasteiger partial charge in [-0.2, -0.15) is 9.49 Å². The second kappa shape index (κ2) is 9.18. The molecule has 0 aliphatic carbocycles. The maximum Gasteiger partial charge on any atom is 0.311 e. The van der Waals surface area contributed by atoms with Gasteiger partial charge in [-0.3, -0.25) is 10.2 Å². The molecule has 28 heavy (non-hydrogen) atoms. The molecule has 0 saturated heterocycles. The molecule has 0 fully saturated rings. The van der Waals surface area contributed by atoms with Crippen molar-refractivity contribution in [3.63, 3.8) is 0 Å². The molecule has 0 saturated carbocycles. The van der Waals surface area contributed by atoms with E-state index in [2.05, 4.69) is 20.5 Å². The second-order valence-corrected chi connectivity index (χ2v) is 6.86. The third kappa shape index (κ3) is 5.43. The highest BCUT2D eigenvalue weighted by molar-refractivity contribution is 7.13. The zero-order chi connectivity index (χ0) is 19.9. The zero-order valence-corrected chi connectivity index (χ0v) is 16.3. The van der Waals surface area contributed by atoms with Gasteiger partial charge in [0.15, 0.2) is 0 Å². The van der Waals surface area contributed by atoms with Crippen molar-refractivity contribution in [1.82, 2.24) is 9.97 Å². The number of carbonyl (C=O) groups excluding carboxylic acids is 1. The van der Waals surface area contributed by atoms with E-state index in [0.717, 1.165) is 22.3 Å². The van der Waals surface area contributed by atoms with E-state index in [0.29, 0.717) is 17.4 Å². The van der Waals surface area contributed by atoms with Gasteiger partial charge in [-0.15, -0.1) is 11.3 Å². The van der Waals surface area contributed by atoms with Crippen molar-refractivity contribution in [2.45, 2.75) is 20.3 Å². The van der Waals surface area contributed by atoms with Crippen LogP contribution in [0.4, 0.5) is 9.52 Å². The molecule has 6 nitrogen and oxygen atoms in total. The lowest BCUT2D eigenvalue weighted by Gasteiger charge is -2.05. The standard InChI is InChI=1S/C20H19FN4O2S/c1-3-27-19(26)9-17-12-28-20(24-17)25-23-10-14-6-13(2)7-16(8-14)15-4-5-18(21)22-11-15/h4-8,10-12H,3,9H2,1-2H3,(H,24,25). The summed E-state index contributed by atoms with van der Waals surface area (Å²) in [5.41, 5.74) is 7.20. The van der Waals surface area contributed by atoms with Crippen LogP contribution in [0.3, 0.4) is 0 Å². The van der Waals surface area contributed by atoms with Gasteiger partial charge in [0.2, 0.25) is 11.1 Å². The van der Waals surface area contributed by atoms with Gasteiger partial charge in [0.25, 0.3) is 0 Å². The molecule has 0 radical (unpaired) electrons. The van der Waals surface area contributed by atoms with Crippen molar-refractivity contribution in [1.29, 1.82) is 0 Å². The first-order valence-electron chi connectivity index (χ1n) is 8.66. The molecule has 2 heterocycles. The molecule has 144 valence electrons. The van der Waals surface area contributed by atoms with Crippen LogP contribution in [0.2, 0.25) is 0 Å². The van der Waals surface area contributed by atoms with E-state index in [4.69, 9.17) is 4.74 Å². The van der Waals surface area contributed by atoms with Gasteiger partial charge >= 0.3 is 5.97 Å². The second-order valence-electron chi connectivity index (χ2n) is 6.00. The summed E-state index contributed by atoms with van der Waals surface area (Å²) in [6.07, 6.45) is 3.33. The molecular formula is C20H19FN4O2S. The van der Waals surface area contributed by atoms with E-state index in [1.165, 1.54) is 23.6 Å². The van der Waals surface area contributed by atoms with Crippen molar-refractivity contribution >= 4 is 28.7 Å². The highest BCUT2D eigenvalue weighted by atomic mass is 32.1. The van der Waals surface area contributed by atoms with E-state index in [1.807, 2.05) is 25.1 Å². The van der Waals surface area contributed by atoms with Crippen LogP contribution in [0.25, 0.3) is 11.1 Å². The Kier molecular flexibility index (Phi) is 6.44. The van der Waals surface area contributed by atoms with E-state index in [9.17, 15) is 9.18 Å². The van der Waals surface area contributed by atoms with Crippen molar-refractivity contribution in [3.8, 4) is 11.1 Å². The number of ether oxygens (including phenoxy) is 1. The number of halogens is 1. The number of hydrogen-bond acceptors (Lipinski definition) is 7. The Morgan fingerprint density at radius 3 is 2.93 bits per heavy atom. The molecule has 3 aromatic rings. The quantitative estimate of drug-likeness (QED) is 0.279. The number of nitrogens with one attached hydrogen (secondary N) is 1. The Hall–Kier alpha value is -3.13. The summed E-state index contributed by atoms with van der Waals surface area (Å²) in [5.74, 6) is -0.807. The summed E-state index contributed by atoms with van der Waals surface area (Å²) in [7, 11) is 0. The number of aryl methyl sites for hydroxylation is 1. The average Bonchev–Trinajstić information content (AvgIpc) is 3.09. The monoisotopic (exact) mass is 398 g/mol. The number of thiazole rings is 1. The smallest absolute Gasteiger partial charge is 0.311 e. The molecule has 0 atom stereocenters. The Morgan fingerprint density at radius 1 is 1.32 bits per heavy atom. The Morgan fingerprint density at radius 2 is 2.18 bits per heavy atom. The van der Waals surface area contributed by atoms with E-state index in [1.54, 1.807) is 24.6 Å². The first-order valence-corrected chi connectivity index (χ1v) is 9.54. The fourth-order valence-electron chi connectivity index (χ4n) is 2.56. The van der Waals surface area contributed by atoms with Crippen molar-refractivity contribution < 1.29 is 13.9 Å². The number of hydrogen-bond donors (Lipinski definition) is 1. The molecule has 0 unspecified atom stereocenters. The van der Waals surface area contributed by atoms with E-state index in [-0.39, 0.29) is 12.4 Å². The first-order chi connectivity index (χ1) is 13.5. The summed E-state index contributed by atoms with van der Waals surface area (Å²) < 4.78 is 17.9. The SMILES string of the molecule is CCOC(=O)Cc1csc(NN=Cc2cc(C)cc(-c3ccc(F)nc3)c2)n1. The molecule has 3 rings (SSSR count). The van der Waals surface area contributed by atoms with Crippen molar-refractivity contribution in [2.75, 3.05) is 12.0 Å². The number of benzene rings is 1. The zero-order valence-electron chi connectivity index (χ0n) is 15.5. The number of hydrazone groups is 1. The molecule has 0 amide bonds. The number of rotatable bonds is 7. The van der Waals surface area contributed by atoms with Gasteiger partial charge in [0.1, 0.15) is 0 Å². The fourth-order valence-corrected chi connectivity index (χ4v) is 3.22. The molecule has 0 spiro atoms. The van der Waals surface area contributed by atoms with Crippen LogP contribution in [0, 0.1) is 12.9 Å². The largest absolute Gasteiger partial charge is 0.466 e. The summed E-state index contributed by atoms with van der Waals surface area (Å²) in [4.78, 5) is 19.5. The lowest BCUT2D eigenvalue weighted by atomic mass is 10.0. The molecule has 0 aliphatic rings.